The highest BCUT2D eigenvalue weighted by atomic mass is 35.5. The van der Waals surface area contributed by atoms with Gasteiger partial charge in [-0.15, -0.1) is 0 Å². The number of urea groups is 1. The predicted octanol–water partition coefficient (Wildman–Crippen LogP) is 2.36. The van der Waals surface area contributed by atoms with Crippen LogP contribution in [0.4, 0.5) is 4.79 Å². The summed E-state index contributed by atoms with van der Waals surface area (Å²) >= 11 is 12.2. The van der Waals surface area contributed by atoms with Crippen LogP contribution in [-0.2, 0) is 11.2 Å². The fraction of sp³-hybridized carbons (Fsp3) is 0.429. The van der Waals surface area contributed by atoms with Gasteiger partial charge in [-0.1, -0.05) is 29.3 Å². The zero-order valence-electron chi connectivity index (χ0n) is 12.0. The molecule has 1 aromatic carbocycles. The summed E-state index contributed by atoms with van der Waals surface area (Å²) in [4.78, 5) is 22.3. The minimum atomic E-state index is -0.295. The second kappa shape index (κ2) is 8.74. The minimum Gasteiger partial charge on any atom is -0.355 e. The molecule has 7 heteroatoms. The number of hydrogen-bond acceptors (Lipinski definition) is 2. The van der Waals surface area contributed by atoms with Gasteiger partial charge in [0.25, 0.3) is 0 Å². The third kappa shape index (κ3) is 6.69. The van der Waals surface area contributed by atoms with Gasteiger partial charge < -0.3 is 16.0 Å². The summed E-state index contributed by atoms with van der Waals surface area (Å²) in [6, 6.07) is 4.90. The maximum atomic E-state index is 11.7. The van der Waals surface area contributed by atoms with Gasteiger partial charge >= 0.3 is 6.03 Å². The van der Waals surface area contributed by atoms with Crippen molar-refractivity contribution in [3.05, 3.63) is 33.8 Å². The fourth-order valence-corrected chi connectivity index (χ4v) is 2.33. The van der Waals surface area contributed by atoms with E-state index in [4.69, 9.17) is 23.2 Å². The van der Waals surface area contributed by atoms with Gasteiger partial charge in [-0.05, 0) is 31.0 Å². The van der Waals surface area contributed by atoms with Crippen LogP contribution in [0.2, 0.25) is 10.0 Å². The Labute approximate surface area is 134 Å². The van der Waals surface area contributed by atoms with Gasteiger partial charge in [-0.2, -0.15) is 0 Å². The van der Waals surface area contributed by atoms with Gasteiger partial charge in [-0.3, -0.25) is 4.79 Å². The van der Waals surface area contributed by atoms with E-state index in [-0.39, 0.29) is 18.0 Å². The Bertz CT molecular complexity index is 489. The lowest BCUT2D eigenvalue weighted by atomic mass is 10.1. The molecule has 5 nitrogen and oxygen atoms in total. The quantitative estimate of drug-likeness (QED) is 0.700. The molecule has 116 valence electrons. The molecule has 1 atom stereocenters. The molecule has 21 heavy (non-hydrogen) atoms. The van der Waals surface area contributed by atoms with E-state index in [1.54, 1.807) is 18.2 Å². The highest BCUT2D eigenvalue weighted by Gasteiger charge is 2.12. The molecule has 0 aliphatic carbocycles. The Morgan fingerprint density at radius 2 is 1.71 bits per heavy atom. The molecule has 0 radical (unpaired) electrons. The molecule has 0 unspecified atom stereocenters. The van der Waals surface area contributed by atoms with E-state index in [1.807, 2.05) is 6.92 Å². The van der Waals surface area contributed by atoms with E-state index < -0.39 is 0 Å². The lowest BCUT2D eigenvalue weighted by Crippen LogP contribution is -2.44. The average molecular weight is 332 g/mol. The maximum Gasteiger partial charge on any atom is 0.315 e. The van der Waals surface area contributed by atoms with E-state index >= 15 is 0 Å². The Morgan fingerprint density at radius 1 is 1.14 bits per heavy atom. The number of halogens is 2. The molecule has 0 aliphatic rings. The average Bonchev–Trinajstić information content (AvgIpc) is 2.39. The molecular formula is C14H19Cl2N3O2. The standard InChI is InChI=1S/C14H19Cl2N3O2/c1-9(8-11-12(15)4-3-5-13(11)16)19-14(21)18-7-6-17-10(2)20/h3-5,9H,6-8H2,1-2H3,(H,17,20)(H2,18,19,21)/t9-/m0/s1. The van der Waals surface area contributed by atoms with Crippen molar-refractivity contribution in [2.45, 2.75) is 26.3 Å². The molecule has 0 spiro atoms. The van der Waals surface area contributed by atoms with E-state index in [2.05, 4.69) is 16.0 Å². The summed E-state index contributed by atoms with van der Waals surface area (Å²) in [5, 5.41) is 9.21. The van der Waals surface area contributed by atoms with Crippen molar-refractivity contribution in [3.8, 4) is 0 Å². The van der Waals surface area contributed by atoms with Crippen LogP contribution in [0.15, 0.2) is 18.2 Å². The first-order valence-corrected chi connectivity index (χ1v) is 7.37. The van der Waals surface area contributed by atoms with Gasteiger partial charge in [0.15, 0.2) is 0 Å². The Balaban J connectivity index is 2.38. The summed E-state index contributed by atoms with van der Waals surface area (Å²) in [7, 11) is 0. The van der Waals surface area contributed by atoms with Crippen molar-refractivity contribution in [1.82, 2.24) is 16.0 Å². The number of rotatable bonds is 6. The zero-order chi connectivity index (χ0) is 15.8. The lowest BCUT2D eigenvalue weighted by Gasteiger charge is -2.16. The number of carbonyl (C=O) groups is 2. The van der Waals surface area contributed by atoms with Crippen molar-refractivity contribution < 1.29 is 9.59 Å². The van der Waals surface area contributed by atoms with Crippen LogP contribution in [0.5, 0.6) is 0 Å². The van der Waals surface area contributed by atoms with Crippen LogP contribution < -0.4 is 16.0 Å². The molecule has 1 rings (SSSR count). The van der Waals surface area contributed by atoms with Crippen LogP contribution in [0.3, 0.4) is 0 Å². The molecular weight excluding hydrogens is 313 g/mol. The zero-order valence-corrected chi connectivity index (χ0v) is 13.5. The van der Waals surface area contributed by atoms with Crippen molar-refractivity contribution in [3.63, 3.8) is 0 Å². The summed E-state index contributed by atoms with van der Waals surface area (Å²) in [5.74, 6) is -0.126. The minimum absolute atomic E-state index is 0.122. The topological polar surface area (TPSA) is 70.2 Å². The van der Waals surface area contributed by atoms with Crippen molar-refractivity contribution in [1.29, 1.82) is 0 Å². The summed E-state index contributed by atoms with van der Waals surface area (Å²) < 4.78 is 0. The molecule has 0 aromatic heterocycles. The van der Waals surface area contributed by atoms with Gasteiger partial charge in [0, 0.05) is 36.1 Å². The molecule has 0 fully saturated rings. The van der Waals surface area contributed by atoms with E-state index in [0.717, 1.165) is 5.56 Å². The maximum absolute atomic E-state index is 11.7. The van der Waals surface area contributed by atoms with Crippen LogP contribution in [-0.4, -0.2) is 31.1 Å². The molecule has 0 saturated carbocycles. The van der Waals surface area contributed by atoms with Gasteiger partial charge in [0.05, 0.1) is 0 Å². The van der Waals surface area contributed by atoms with Gasteiger partial charge in [-0.25, -0.2) is 4.79 Å². The number of hydrogen-bond donors (Lipinski definition) is 3. The van der Waals surface area contributed by atoms with Crippen LogP contribution in [0.1, 0.15) is 19.4 Å². The Hall–Kier alpha value is -1.46. The first-order valence-electron chi connectivity index (χ1n) is 6.62. The van der Waals surface area contributed by atoms with Gasteiger partial charge in [0.2, 0.25) is 5.91 Å². The van der Waals surface area contributed by atoms with Crippen LogP contribution >= 0.6 is 23.2 Å². The van der Waals surface area contributed by atoms with E-state index in [9.17, 15) is 9.59 Å². The first kappa shape index (κ1) is 17.6. The first-order chi connectivity index (χ1) is 9.90. The molecule has 0 bridgehead atoms. The molecule has 0 saturated heterocycles. The van der Waals surface area contributed by atoms with Gasteiger partial charge in [0.1, 0.15) is 0 Å². The van der Waals surface area contributed by atoms with Crippen LogP contribution in [0.25, 0.3) is 0 Å². The van der Waals surface area contributed by atoms with E-state index in [0.29, 0.717) is 29.6 Å². The highest BCUT2D eigenvalue weighted by Crippen LogP contribution is 2.25. The Kier molecular flexibility index (Phi) is 7.32. The number of nitrogens with one attached hydrogen (secondary N) is 3. The number of benzene rings is 1. The smallest absolute Gasteiger partial charge is 0.315 e. The largest absolute Gasteiger partial charge is 0.355 e. The van der Waals surface area contributed by atoms with Crippen molar-refractivity contribution in [2.24, 2.45) is 0 Å². The molecule has 3 N–H and O–H groups in total. The summed E-state index contributed by atoms with van der Waals surface area (Å²) in [5.41, 5.74) is 0.812. The van der Waals surface area contributed by atoms with Crippen LogP contribution in [0, 0.1) is 0 Å². The molecule has 1 aromatic rings. The monoisotopic (exact) mass is 331 g/mol. The SMILES string of the molecule is CC(=O)NCCNC(=O)N[C@@H](C)Cc1c(Cl)cccc1Cl. The fourth-order valence-electron chi connectivity index (χ4n) is 1.77. The number of amides is 3. The third-order valence-electron chi connectivity index (χ3n) is 2.73. The van der Waals surface area contributed by atoms with Crippen molar-refractivity contribution in [2.75, 3.05) is 13.1 Å². The second-order valence-electron chi connectivity index (χ2n) is 4.69. The lowest BCUT2D eigenvalue weighted by molar-refractivity contribution is -0.118. The third-order valence-corrected chi connectivity index (χ3v) is 3.44. The predicted molar refractivity (Wildman–Crippen MR) is 84.8 cm³/mol. The highest BCUT2D eigenvalue weighted by molar-refractivity contribution is 6.36. The van der Waals surface area contributed by atoms with Crippen molar-refractivity contribution >= 4 is 35.1 Å². The molecule has 0 aliphatic heterocycles. The summed E-state index contributed by atoms with van der Waals surface area (Å²) in [6.07, 6.45) is 0.539. The second-order valence-corrected chi connectivity index (χ2v) is 5.50. The molecule has 3 amide bonds. The molecule has 0 heterocycles. The summed E-state index contributed by atoms with van der Waals surface area (Å²) in [6.45, 7) is 4.06. The number of carbonyl (C=O) groups excluding carboxylic acids is 2. The normalized spacial score (nSPS) is 11.6. The van der Waals surface area contributed by atoms with E-state index in [1.165, 1.54) is 6.92 Å². The Morgan fingerprint density at radius 3 is 2.29 bits per heavy atom.